The molecule has 0 fully saturated rings. The first-order valence-electron chi connectivity index (χ1n) is 4.52. The van der Waals surface area contributed by atoms with Crippen LogP contribution in [0.1, 0.15) is 19.3 Å². The molecule has 0 saturated heterocycles. The van der Waals surface area contributed by atoms with E-state index < -0.39 is 18.0 Å². The molecule has 0 aliphatic heterocycles. The number of ether oxygens (including phenoxy) is 1. The molecular formula is C8H17K2N3O3. The summed E-state index contributed by atoms with van der Waals surface area (Å²) in [4.78, 5) is 21.7. The summed E-state index contributed by atoms with van der Waals surface area (Å²) in [6, 6.07) is -0.767. The molecule has 84 valence electrons. The molecule has 0 unspecified atom stereocenters. The van der Waals surface area contributed by atoms with Crippen molar-refractivity contribution in [2.75, 3.05) is 13.1 Å². The third-order valence-electron chi connectivity index (χ3n) is 1.65. The third kappa shape index (κ3) is 12.7. The van der Waals surface area contributed by atoms with Gasteiger partial charge in [-0.2, -0.15) is 0 Å². The molecule has 16 heavy (non-hydrogen) atoms. The van der Waals surface area contributed by atoms with Crippen LogP contribution in [-0.4, -0.2) is 134 Å². The summed E-state index contributed by atoms with van der Waals surface area (Å²) in [5.41, 5.74) is 15.7. The standard InChI is InChI=1S/C8H17N3O3.2K/c9-4-2-1-3-6(11)8(13)14-7(12)5-10;;/h6H,1-5,9-11H2;;/t6-;;/m0../s1. The topological polar surface area (TPSA) is 121 Å². The second-order valence-electron chi connectivity index (χ2n) is 2.89. The Morgan fingerprint density at radius 2 is 1.69 bits per heavy atom. The van der Waals surface area contributed by atoms with Gasteiger partial charge in [-0.15, -0.1) is 0 Å². The van der Waals surface area contributed by atoms with Gasteiger partial charge in [0.15, 0.2) is 0 Å². The van der Waals surface area contributed by atoms with Gasteiger partial charge in [0.05, 0.1) is 6.54 Å². The summed E-state index contributed by atoms with van der Waals surface area (Å²) in [6.45, 7) is 0.241. The van der Waals surface area contributed by atoms with Gasteiger partial charge in [-0.3, -0.25) is 4.79 Å². The van der Waals surface area contributed by atoms with Crippen molar-refractivity contribution in [1.29, 1.82) is 0 Å². The van der Waals surface area contributed by atoms with Crippen LogP contribution in [0.5, 0.6) is 0 Å². The first-order valence-corrected chi connectivity index (χ1v) is 4.52. The maximum absolute atomic E-state index is 11.1. The second-order valence-corrected chi connectivity index (χ2v) is 2.89. The Balaban J connectivity index is -0.000000845. The second kappa shape index (κ2) is 15.4. The average molecular weight is 281 g/mol. The number of carbonyl (C=O) groups is 2. The Hall–Kier alpha value is 2.29. The van der Waals surface area contributed by atoms with Gasteiger partial charge >= 0.3 is 11.9 Å². The number of rotatable bonds is 6. The Morgan fingerprint density at radius 1 is 1.12 bits per heavy atom. The zero-order valence-electron chi connectivity index (χ0n) is 10.1. The first-order chi connectivity index (χ1) is 6.61. The van der Waals surface area contributed by atoms with Crippen molar-refractivity contribution in [3.63, 3.8) is 0 Å². The Morgan fingerprint density at radius 3 is 2.12 bits per heavy atom. The van der Waals surface area contributed by atoms with Gasteiger partial charge in [-0.1, -0.05) is 6.42 Å². The summed E-state index contributed by atoms with van der Waals surface area (Å²) in [6.07, 6.45) is 2.00. The van der Waals surface area contributed by atoms with Crippen LogP contribution in [0.25, 0.3) is 0 Å². The van der Waals surface area contributed by atoms with Gasteiger partial charge in [-0.25, -0.2) is 4.79 Å². The molecule has 0 aliphatic carbocycles. The van der Waals surface area contributed by atoms with Crippen molar-refractivity contribution in [2.24, 2.45) is 17.2 Å². The Labute approximate surface area is 181 Å². The maximum Gasteiger partial charge on any atom is 0.330 e. The summed E-state index contributed by atoms with van der Waals surface area (Å²) in [5, 5.41) is 0. The summed E-state index contributed by atoms with van der Waals surface area (Å²) >= 11 is 0. The molecule has 0 aliphatic rings. The maximum atomic E-state index is 11.1. The van der Waals surface area contributed by atoms with Crippen LogP contribution in [0.3, 0.4) is 0 Å². The predicted octanol–water partition coefficient (Wildman–Crippen LogP) is -2.29. The van der Waals surface area contributed by atoms with E-state index in [1.807, 2.05) is 0 Å². The van der Waals surface area contributed by atoms with E-state index in [1.165, 1.54) is 0 Å². The zero-order chi connectivity index (χ0) is 11.0. The zero-order valence-corrected chi connectivity index (χ0v) is 16.3. The molecule has 1 atom stereocenters. The summed E-state index contributed by atoms with van der Waals surface area (Å²) in [5.74, 6) is -1.48. The smallest absolute Gasteiger partial charge is 0.330 e. The van der Waals surface area contributed by atoms with Crippen LogP contribution < -0.4 is 17.2 Å². The first kappa shape index (κ1) is 23.4. The summed E-state index contributed by atoms with van der Waals surface area (Å²) < 4.78 is 4.33. The average Bonchev–Trinajstić information content (AvgIpc) is 2.17. The minimum absolute atomic E-state index is 0. The van der Waals surface area contributed by atoms with E-state index in [0.29, 0.717) is 13.0 Å². The van der Waals surface area contributed by atoms with Crippen LogP contribution in [0.2, 0.25) is 0 Å². The molecule has 0 amide bonds. The van der Waals surface area contributed by atoms with E-state index >= 15 is 0 Å². The van der Waals surface area contributed by atoms with Crippen LogP contribution in [0.4, 0.5) is 0 Å². The molecule has 0 heterocycles. The van der Waals surface area contributed by atoms with E-state index in [2.05, 4.69) is 4.74 Å². The Bertz CT molecular complexity index is 205. The van der Waals surface area contributed by atoms with E-state index in [0.717, 1.165) is 12.8 Å². The molecule has 0 saturated carbocycles. The van der Waals surface area contributed by atoms with E-state index in [1.54, 1.807) is 0 Å². The number of hydrogen-bond acceptors (Lipinski definition) is 6. The fourth-order valence-corrected chi connectivity index (χ4v) is 0.856. The van der Waals surface area contributed by atoms with Gasteiger partial charge in [0.25, 0.3) is 0 Å². The number of esters is 2. The number of hydrogen-bond donors (Lipinski definition) is 3. The van der Waals surface area contributed by atoms with E-state index in [4.69, 9.17) is 17.2 Å². The van der Waals surface area contributed by atoms with Crippen LogP contribution in [-0.2, 0) is 14.3 Å². The monoisotopic (exact) mass is 281 g/mol. The minimum atomic E-state index is -0.767. The molecule has 0 rings (SSSR count). The molecule has 0 spiro atoms. The summed E-state index contributed by atoms with van der Waals surface area (Å²) in [7, 11) is 0. The Kier molecular flexibility index (Phi) is 22.4. The number of unbranched alkanes of at least 4 members (excludes halogenated alkanes) is 1. The molecule has 6 N–H and O–H groups in total. The van der Waals surface area contributed by atoms with Gasteiger partial charge in [0, 0.05) is 103 Å². The van der Waals surface area contributed by atoms with Crippen molar-refractivity contribution in [3.05, 3.63) is 0 Å². The fourth-order valence-electron chi connectivity index (χ4n) is 0.856. The number of nitrogens with two attached hydrogens (primary N) is 3. The third-order valence-corrected chi connectivity index (χ3v) is 1.65. The van der Waals surface area contributed by atoms with Gasteiger partial charge in [0.1, 0.15) is 6.04 Å². The normalized spacial score (nSPS) is 10.7. The van der Waals surface area contributed by atoms with Crippen LogP contribution >= 0.6 is 0 Å². The predicted molar refractivity (Wildman–Crippen MR) is 62.5 cm³/mol. The molecule has 0 aromatic rings. The fraction of sp³-hybridized carbons (Fsp3) is 0.750. The van der Waals surface area contributed by atoms with Crippen molar-refractivity contribution < 1.29 is 14.3 Å². The molecular weight excluding hydrogens is 264 g/mol. The molecule has 2 radical (unpaired) electrons. The van der Waals surface area contributed by atoms with Crippen molar-refractivity contribution in [3.8, 4) is 0 Å². The van der Waals surface area contributed by atoms with Gasteiger partial charge in [0.2, 0.25) is 0 Å². The van der Waals surface area contributed by atoms with E-state index in [-0.39, 0.29) is 109 Å². The van der Waals surface area contributed by atoms with E-state index in [9.17, 15) is 9.59 Å². The molecule has 0 aromatic heterocycles. The molecule has 8 heteroatoms. The van der Waals surface area contributed by atoms with Crippen molar-refractivity contribution in [2.45, 2.75) is 25.3 Å². The molecule has 6 nitrogen and oxygen atoms in total. The van der Waals surface area contributed by atoms with Crippen LogP contribution in [0, 0.1) is 0 Å². The van der Waals surface area contributed by atoms with Gasteiger partial charge < -0.3 is 21.9 Å². The van der Waals surface area contributed by atoms with Gasteiger partial charge in [-0.05, 0) is 19.4 Å². The SMILES string of the molecule is NCCCC[C@H](N)C(=O)OC(=O)CN.[K].[K]. The van der Waals surface area contributed by atoms with Crippen molar-refractivity contribution >= 4 is 115 Å². The van der Waals surface area contributed by atoms with Crippen LogP contribution in [0.15, 0.2) is 0 Å². The largest absolute Gasteiger partial charge is 0.391 e. The minimum Gasteiger partial charge on any atom is -0.391 e. The van der Waals surface area contributed by atoms with Crippen molar-refractivity contribution in [1.82, 2.24) is 0 Å². The number of carbonyl (C=O) groups excluding carboxylic acids is 2. The molecule has 0 bridgehead atoms. The quantitative estimate of drug-likeness (QED) is 0.218. The molecule has 0 aromatic carbocycles.